The third kappa shape index (κ3) is 7.42. The molecule has 0 fully saturated rings. The summed E-state index contributed by atoms with van der Waals surface area (Å²) in [5.41, 5.74) is 0. The lowest BCUT2D eigenvalue weighted by Gasteiger charge is -2.20. The van der Waals surface area contributed by atoms with E-state index in [0.717, 1.165) is 0 Å². The topological polar surface area (TPSA) is 82.4 Å². The average Bonchev–Trinajstić information content (AvgIpc) is 2.38. The molecule has 1 N–H and O–H groups in total. The Balaban J connectivity index is 4.27. The number of hydrogen-bond donors (Lipinski definition) is 1. The van der Waals surface area contributed by atoms with E-state index in [1.165, 1.54) is 12.0 Å². The van der Waals surface area contributed by atoms with E-state index in [-0.39, 0.29) is 18.4 Å². The van der Waals surface area contributed by atoms with Gasteiger partial charge in [-0.15, -0.1) is 0 Å². The van der Waals surface area contributed by atoms with Gasteiger partial charge in [0.25, 0.3) is 0 Å². The molecule has 108 valence electrons. The molecule has 0 aromatic rings. The SMILES string of the molecule is COC(=O)C(CC(C)C)NCC(=O)N(C)CCC#N. The molecule has 1 unspecified atom stereocenters. The number of nitrogens with one attached hydrogen (secondary N) is 1. The molecule has 0 bridgehead atoms. The number of methoxy groups -OCH3 is 1. The fraction of sp³-hybridized carbons (Fsp3) is 0.769. The van der Waals surface area contributed by atoms with Gasteiger partial charge in [0, 0.05) is 13.6 Å². The highest BCUT2D eigenvalue weighted by atomic mass is 16.5. The van der Waals surface area contributed by atoms with Crippen molar-refractivity contribution in [2.24, 2.45) is 5.92 Å². The van der Waals surface area contributed by atoms with E-state index in [1.54, 1.807) is 7.05 Å². The van der Waals surface area contributed by atoms with Gasteiger partial charge in [-0.05, 0) is 12.3 Å². The summed E-state index contributed by atoms with van der Waals surface area (Å²) in [5, 5.41) is 11.4. The number of nitrogens with zero attached hydrogens (tertiary/aromatic N) is 2. The minimum atomic E-state index is -0.474. The first kappa shape index (κ1) is 17.4. The van der Waals surface area contributed by atoms with Crippen LogP contribution in [0.15, 0.2) is 0 Å². The minimum Gasteiger partial charge on any atom is -0.468 e. The highest BCUT2D eigenvalue weighted by Crippen LogP contribution is 2.06. The van der Waals surface area contributed by atoms with Crippen LogP contribution >= 0.6 is 0 Å². The predicted octanol–water partition coefficient (Wildman–Crippen LogP) is 0.536. The fourth-order valence-corrected chi connectivity index (χ4v) is 1.56. The Bertz CT molecular complexity index is 337. The number of amides is 1. The molecule has 6 heteroatoms. The zero-order chi connectivity index (χ0) is 14.8. The lowest BCUT2D eigenvalue weighted by molar-refractivity contribution is -0.143. The third-order valence-electron chi connectivity index (χ3n) is 2.68. The molecule has 0 radical (unpaired) electrons. The Kier molecular flexibility index (Phi) is 8.55. The molecule has 0 spiro atoms. The van der Waals surface area contributed by atoms with Gasteiger partial charge in [0.15, 0.2) is 0 Å². The molecule has 0 aliphatic carbocycles. The van der Waals surface area contributed by atoms with Gasteiger partial charge in [0.1, 0.15) is 6.04 Å². The number of likely N-dealkylation sites (N-methyl/N-ethyl adjacent to an activating group) is 1. The van der Waals surface area contributed by atoms with Gasteiger partial charge in [0.05, 0.1) is 26.1 Å². The first-order valence-electron chi connectivity index (χ1n) is 6.34. The molecule has 0 aliphatic rings. The largest absolute Gasteiger partial charge is 0.468 e. The molecule has 0 saturated carbocycles. The van der Waals surface area contributed by atoms with Gasteiger partial charge in [-0.25, -0.2) is 0 Å². The summed E-state index contributed by atoms with van der Waals surface area (Å²) in [6, 6.07) is 1.51. The summed E-state index contributed by atoms with van der Waals surface area (Å²) < 4.78 is 4.70. The molecule has 1 atom stereocenters. The van der Waals surface area contributed by atoms with Gasteiger partial charge in [-0.1, -0.05) is 13.8 Å². The number of carbonyl (C=O) groups excluding carboxylic acids is 2. The van der Waals surface area contributed by atoms with Gasteiger partial charge in [0.2, 0.25) is 5.91 Å². The molecule has 19 heavy (non-hydrogen) atoms. The van der Waals surface area contributed by atoms with Crippen LogP contribution in [-0.4, -0.2) is 50.1 Å². The van der Waals surface area contributed by atoms with E-state index < -0.39 is 6.04 Å². The van der Waals surface area contributed by atoms with Crippen molar-refractivity contribution in [3.8, 4) is 6.07 Å². The Hall–Kier alpha value is -1.61. The summed E-state index contributed by atoms with van der Waals surface area (Å²) in [7, 11) is 2.97. The Morgan fingerprint density at radius 3 is 2.53 bits per heavy atom. The zero-order valence-corrected chi connectivity index (χ0v) is 12.1. The summed E-state index contributed by atoms with van der Waals surface area (Å²) in [6.45, 7) is 4.45. The smallest absolute Gasteiger partial charge is 0.322 e. The van der Waals surface area contributed by atoms with Gasteiger partial charge in [-0.3, -0.25) is 14.9 Å². The highest BCUT2D eigenvalue weighted by Gasteiger charge is 2.21. The third-order valence-corrected chi connectivity index (χ3v) is 2.68. The molecule has 0 rings (SSSR count). The van der Waals surface area contributed by atoms with Crippen molar-refractivity contribution in [2.75, 3.05) is 27.2 Å². The van der Waals surface area contributed by atoms with E-state index >= 15 is 0 Å². The molecular formula is C13H23N3O3. The molecule has 0 heterocycles. The Morgan fingerprint density at radius 2 is 2.05 bits per heavy atom. The standard InChI is InChI=1S/C13H23N3O3/c1-10(2)8-11(13(18)19-4)15-9-12(17)16(3)7-5-6-14/h10-11,15H,5,7-9H2,1-4H3. The minimum absolute atomic E-state index is 0.0639. The number of esters is 1. The second-order valence-corrected chi connectivity index (χ2v) is 4.81. The second-order valence-electron chi connectivity index (χ2n) is 4.81. The van der Waals surface area contributed by atoms with E-state index in [9.17, 15) is 9.59 Å². The van der Waals surface area contributed by atoms with Crippen LogP contribution in [0.25, 0.3) is 0 Å². The quantitative estimate of drug-likeness (QED) is 0.650. The molecule has 0 aromatic heterocycles. The number of nitriles is 1. The van der Waals surface area contributed by atoms with Crippen molar-refractivity contribution in [3.63, 3.8) is 0 Å². The molecule has 0 saturated heterocycles. The predicted molar refractivity (Wildman–Crippen MR) is 71.1 cm³/mol. The lowest BCUT2D eigenvalue weighted by Crippen LogP contribution is -2.44. The van der Waals surface area contributed by atoms with Crippen LogP contribution < -0.4 is 5.32 Å². The maximum atomic E-state index is 11.8. The van der Waals surface area contributed by atoms with Crippen LogP contribution in [-0.2, 0) is 14.3 Å². The number of ether oxygens (including phenoxy) is 1. The molecule has 1 amide bonds. The highest BCUT2D eigenvalue weighted by molar-refractivity contribution is 5.80. The summed E-state index contributed by atoms with van der Waals surface area (Å²) in [5.74, 6) is -0.183. The first-order valence-corrected chi connectivity index (χ1v) is 6.34. The summed E-state index contributed by atoms with van der Waals surface area (Å²) >= 11 is 0. The maximum Gasteiger partial charge on any atom is 0.322 e. The van der Waals surface area contributed by atoms with Crippen molar-refractivity contribution >= 4 is 11.9 Å². The van der Waals surface area contributed by atoms with Gasteiger partial charge < -0.3 is 9.64 Å². The van der Waals surface area contributed by atoms with Crippen LogP contribution in [0.1, 0.15) is 26.7 Å². The monoisotopic (exact) mass is 269 g/mol. The normalized spacial score (nSPS) is 11.8. The fourth-order valence-electron chi connectivity index (χ4n) is 1.56. The van der Waals surface area contributed by atoms with Crippen molar-refractivity contribution in [2.45, 2.75) is 32.7 Å². The summed E-state index contributed by atoms with van der Waals surface area (Å²) in [6.07, 6.45) is 0.913. The maximum absolute atomic E-state index is 11.8. The molecule has 0 aromatic carbocycles. The van der Waals surface area contributed by atoms with Crippen LogP contribution in [0.2, 0.25) is 0 Å². The van der Waals surface area contributed by atoms with Crippen LogP contribution in [0.5, 0.6) is 0 Å². The molecular weight excluding hydrogens is 246 g/mol. The van der Waals surface area contributed by atoms with Crippen molar-refractivity contribution in [1.29, 1.82) is 5.26 Å². The zero-order valence-electron chi connectivity index (χ0n) is 12.1. The Morgan fingerprint density at radius 1 is 1.42 bits per heavy atom. The molecule has 6 nitrogen and oxygen atoms in total. The van der Waals surface area contributed by atoms with Crippen molar-refractivity contribution in [3.05, 3.63) is 0 Å². The Labute approximate surface area is 114 Å². The number of hydrogen-bond acceptors (Lipinski definition) is 5. The summed E-state index contributed by atoms with van der Waals surface area (Å²) in [4.78, 5) is 24.8. The van der Waals surface area contributed by atoms with E-state index in [4.69, 9.17) is 10.00 Å². The van der Waals surface area contributed by atoms with E-state index in [1.807, 2.05) is 19.9 Å². The van der Waals surface area contributed by atoms with Gasteiger partial charge in [-0.2, -0.15) is 5.26 Å². The van der Waals surface area contributed by atoms with Gasteiger partial charge >= 0.3 is 5.97 Å². The van der Waals surface area contributed by atoms with E-state index in [2.05, 4.69) is 5.32 Å². The van der Waals surface area contributed by atoms with Crippen LogP contribution in [0.4, 0.5) is 0 Å². The van der Waals surface area contributed by atoms with Crippen LogP contribution in [0.3, 0.4) is 0 Å². The van der Waals surface area contributed by atoms with E-state index in [0.29, 0.717) is 25.3 Å². The van der Waals surface area contributed by atoms with Crippen molar-refractivity contribution in [1.82, 2.24) is 10.2 Å². The average molecular weight is 269 g/mol. The van der Waals surface area contributed by atoms with Crippen LogP contribution in [0, 0.1) is 17.2 Å². The molecule has 0 aliphatic heterocycles. The van der Waals surface area contributed by atoms with Crippen molar-refractivity contribution < 1.29 is 14.3 Å². The number of rotatable bonds is 8. The first-order chi connectivity index (χ1) is 8.92. The number of carbonyl (C=O) groups is 2. The lowest BCUT2D eigenvalue weighted by atomic mass is 10.0. The second kappa shape index (κ2) is 9.34.